The molecule has 1 aliphatic rings. The first-order valence-electron chi connectivity index (χ1n) is 9.32. The number of Topliss-reactive ketones (excluding diaryl/α,β-unsaturated/α-hetero) is 1. The summed E-state index contributed by atoms with van der Waals surface area (Å²) in [6.45, 7) is 1.99. The molecule has 1 aliphatic heterocycles. The first kappa shape index (κ1) is 18.0. The van der Waals surface area contributed by atoms with Crippen molar-refractivity contribution in [3.8, 4) is 0 Å². The van der Waals surface area contributed by atoms with Crippen LogP contribution in [0.1, 0.15) is 17.0 Å². The minimum Gasteiger partial charge on any atom is -0.290 e. The second-order valence-corrected chi connectivity index (χ2v) is 6.81. The molecule has 0 aliphatic carbocycles. The summed E-state index contributed by atoms with van der Waals surface area (Å²) in [5.41, 5.74) is 4.33. The number of piperidine rings is 1. The second-order valence-electron chi connectivity index (χ2n) is 6.81. The number of likely N-dealkylation sites (tertiary alicyclic amines) is 1. The summed E-state index contributed by atoms with van der Waals surface area (Å²) in [6, 6.07) is 21.8. The van der Waals surface area contributed by atoms with Gasteiger partial charge in [-0.25, -0.2) is 0 Å². The molecular formula is C24H21N3O. The fourth-order valence-electron chi connectivity index (χ4n) is 3.34. The number of carbonyl (C=O) groups excluding carboxylic acids is 1. The van der Waals surface area contributed by atoms with Crippen LogP contribution in [0.5, 0.6) is 0 Å². The van der Waals surface area contributed by atoms with Crippen molar-refractivity contribution in [2.45, 2.75) is 6.54 Å². The molecular weight excluding hydrogens is 346 g/mol. The van der Waals surface area contributed by atoms with Gasteiger partial charge in [0.1, 0.15) is 0 Å². The Bertz CT molecular complexity index is 934. The fraction of sp³-hybridized carbons (Fsp3) is 0.125. The molecule has 3 heterocycles. The number of nitrogens with zero attached hydrogens (tertiary/aromatic N) is 3. The number of ketones is 1. The lowest BCUT2D eigenvalue weighted by Crippen LogP contribution is -2.37. The highest BCUT2D eigenvalue weighted by Crippen LogP contribution is 2.22. The Morgan fingerprint density at radius 3 is 1.79 bits per heavy atom. The van der Waals surface area contributed by atoms with Gasteiger partial charge in [-0.05, 0) is 42.0 Å². The van der Waals surface area contributed by atoms with Crippen LogP contribution in [0, 0.1) is 0 Å². The summed E-state index contributed by atoms with van der Waals surface area (Å²) in [5, 5.41) is 0. The van der Waals surface area contributed by atoms with Crippen LogP contribution in [0.15, 0.2) is 90.3 Å². The Morgan fingerprint density at radius 2 is 1.29 bits per heavy atom. The van der Waals surface area contributed by atoms with Crippen LogP contribution >= 0.6 is 0 Å². The zero-order valence-corrected chi connectivity index (χ0v) is 15.5. The summed E-state index contributed by atoms with van der Waals surface area (Å²) in [5.74, 6) is 0.0700. The van der Waals surface area contributed by atoms with Gasteiger partial charge in [-0.15, -0.1) is 0 Å². The highest BCUT2D eigenvalue weighted by Gasteiger charge is 2.26. The predicted molar refractivity (Wildman–Crippen MR) is 111 cm³/mol. The molecule has 0 atom stereocenters. The predicted octanol–water partition coefficient (Wildman–Crippen LogP) is 4.03. The quantitative estimate of drug-likeness (QED) is 0.653. The van der Waals surface area contributed by atoms with E-state index in [4.69, 9.17) is 0 Å². The first-order chi connectivity index (χ1) is 13.8. The van der Waals surface area contributed by atoms with E-state index in [1.807, 2.05) is 66.7 Å². The number of pyridine rings is 2. The van der Waals surface area contributed by atoms with Crippen LogP contribution < -0.4 is 0 Å². The zero-order valence-electron chi connectivity index (χ0n) is 15.5. The van der Waals surface area contributed by atoms with E-state index in [-0.39, 0.29) is 5.78 Å². The molecule has 138 valence electrons. The minimum atomic E-state index is 0.0700. The van der Waals surface area contributed by atoms with Gasteiger partial charge in [-0.3, -0.25) is 19.7 Å². The highest BCUT2D eigenvalue weighted by molar-refractivity contribution is 6.14. The molecule has 0 spiro atoms. The lowest BCUT2D eigenvalue weighted by Gasteiger charge is -2.29. The van der Waals surface area contributed by atoms with E-state index in [1.54, 1.807) is 12.4 Å². The van der Waals surface area contributed by atoms with E-state index in [0.29, 0.717) is 13.1 Å². The topological polar surface area (TPSA) is 46.1 Å². The highest BCUT2D eigenvalue weighted by atomic mass is 16.1. The van der Waals surface area contributed by atoms with Crippen molar-refractivity contribution >= 4 is 17.9 Å². The third-order valence-corrected chi connectivity index (χ3v) is 4.64. The van der Waals surface area contributed by atoms with Gasteiger partial charge >= 0.3 is 0 Å². The normalized spacial score (nSPS) is 17.9. The van der Waals surface area contributed by atoms with Gasteiger partial charge in [0.2, 0.25) is 0 Å². The van der Waals surface area contributed by atoms with Crippen molar-refractivity contribution in [1.82, 2.24) is 14.9 Å². The smallest absolute Gasteiger partial charge is 0.187 e. The Morgan fingerprint density at radius 1 is 0.750 bits per heavy atom. The van der Waals surface area contributed by atoms with Crippen LogP contribution in [0.25, 0.3) is 12.2 Å². The van der Waals surface area contributed by atoms with Crippen molar-refractivity contribution in [3.05, 3.63) is 107 Å². The van der Waals surface area contributed by atoms with Crippen molar-refractivity contribution in [1.29, 1.82) is 0 Å². The molecule has 0 amide bonds. The Balaban J connectivity index is 1.66. The maximum absolute atomic E-state index is 13.1. The van der Waals surface area contributed by atoms with Crippen LogP contribution in [-0.2, 0) is 11.3 Å². The molecule has 1 aromatic carbocycles. The monoisotopic (exact) mass is 367 g/mol. The van der Waals surface area contributed by atoms with Gasteiger partial charge in [0.15, 0.2) is 5.78 Å². The Hall–Kier alpha value is -3.37. The third kappa shape index (κ3) is 4.48. The average molecular weight is 367 g/mol. The lowest BCUT2D eigenvalue weighted by atomic mass is 9.95. The van der Waals surface area contributed by atoms with Crippen LogP contribution in [-0.4, -0.2) is 33.7 Å². The molecule has 4 heteroatoms. The summed E-state index contributed by atoms with van der Waals surface area (Å²) >= 11 is 0. The molecule has 1 saturated heterocycles. The maximum Gasteiger partial charge on any atom is 0.187 e. The van der Waals surface area contributed by atoms with Crippen molar-refractivity contribution in [2.24, 2.45) is 0 Å². The standard InChI is InChI=1S/C24H21N3O/c28-24-20(14-22-10-4-6-12-25-22)17-27(16-19-8-2-1-3-9-19)18-21(24)15-23-11-5-7-13-26-23/h1-15H,16-18H2/b20-14+,21-15+. The van der Waals surface area contributed by atoms with E-state index in [1.165, 1.54) is 5.56 Å². The van der Waals surface area contributed by atoms with Gasteiger partial charge in [0.05, 0.1) is 11.4 Å². The number of carbonyl (C=O) groups is 1. The van der Waals surface area contributed by atoms with E-state index < -0.39 is 0 Å². The first-order valence-corrected chi connectivity index (χ1v) is 9.32. The van der Waals surface area contributed by atoms with Crippen molar-refractivity contribution in [3.63, 3.8) is 0 Å². The molecule has 0 N–H and O–H groups in total. The van der Waals surface area contributed by atoms with E-state index in [0.717, 1.165) is 29.1 Å². The molecule has 2 aromatic heterocycles. The van der Waals surface area contributed by atoms with Crippen LogP contribution in [0.2, 0.25) is 0 Å². The number of hydrogen-bond acceptors (Lipinski definition) is 4. The van der Waals surface area contributed by atoms with Gasteiger partial charge in [0, 0.05) is 43.2 Å². The molecule has 4 rings (SSSR count). The Labute approximate surface area is 164 Å². The molecule has 0 unspecified atom stereocenters. The number of hydrogen-bond donors (Lipinski definition) is 0. The largest absolute Gasteiger partial charge is 0.290 e. The summed E-state index contributed by atoms with van der Waals surface area (Å²) < 4.78 is 0. The third-order valence-electron chi connectivity index (χ3n) is 4.64. The molecule has 0 saturated carbocycles. The summed E-state index contributed by atoms with van der Waals surface area (Å²) in [7, 11) is 0. The molecule has 0 radical (unpaired) electrons. The second kappa shape index (κ2) is 8.55. The Kier molecular flexibility index (Phi) is 5.50. The average Bonchev–Trinajstić information content (AvgIpc) is 2.74. The van der Waals surface area contributed by atoms with E-state index in [2.05, 4.69) is 27.0 Å². The molecule has 3 aromatic rings. The lowest BCUT2D eigenvalue weighted by molar-refractivity contribution is -0.113. The van der Waals surface area contributed by atoms with Crippen molar-refractivity contribution < 1.29 is 4.79 Å². The number of aromatic nitrogens is 2. The maximum atomic E-state index is 13.1. The van der Waals surface area contributed by atoms with Crippen LogP contribution in [0.4, 0.5) is 0 Å². The number of rotatable bonds is 4. The van der Waals surface area contributed by atoms with Gasteiger partial charge in [-0.2, -0.15) is 0 Å². The van der Waals surface area contributed by atoms with Gasteiger partial charge in [0.25, 0.3) is 0 Å². The van der Waals surface area contributed by atoms with Gasteiger partial charge < -0.3 is 0 Å². The molecule has 0 bridgehead atoms. The summed E-state index contributed by atoms with van der Waals surface area (Å²) in [4.78, 5) is 24.1. The molecule has 28 heavy (non-hydrogen) atoms. The van der Waals surface area contributed by atoms with E-state index >= 15 is 0 Å². The van der Waals surface area contributed by atoms with Gasteiger partial charge in [-0.1, -0.05) is 42.5 Å². The zero-order chi connectivity index (χ0) is 19.2. The SMILES string of the molecule is O=C1/C(=C/c2ccccn2)CN(Cc2ccccc2)C/C1=C\c1ccccn1. The molecule has 4 nitrogen and oxygen atoms in total. The summed E-state index contributed by atoms with van der Waals surface area (Å²) in [6.07, 6.45) is 7.27. The van der Waals surface area contributed by atoms with Crippen LogP contribution in [0.3, 0.4) is 0 Å². The van der Waals surface area contributed by atoms with Crippen molar-refractivity contribution in [2.75, 3.05) is 13.1 Å². The fourth-order valence-corrected chi connectivity index (χ4v) is 3.34. The number of benzene rings is 1. The van der Waals surface area contributed by atoms with E-state index in [9.17, 15) is 4.79 Å². The molecule has 1 fully saturated rings. The minimum absolute atomic E-state index is 0.0700.